The molecule has 5 nitrogen and oxygen atoms in total. The van der Waals surface area contributed by atoms with Crippen LogP contribution in [0.1, 0.15) is 12.3 Å². The summed E-state index contributed by atoms with van der Waals surface area (Å²) in [5.74, 6) is -1.01. The van der Waals surface area contributed by atoms with Crippen LogP contribution in [0.4, 0.5) is 8.78 Å². The van der Waals surface area contributed by atoms with E-state index in [0.717, 1.165) is 12.1 Å². The van der Waals surface area contributed by atoms with Crippen LogP contribution in [-0.4, -0.2) is 31.2 Å². The van der Waals surface area contributed by atoms with E-state index in [1.807, 2.05) is 0 Å². The molecular formula is C15H16F2N2O3. The third kappa shape index (κ3) is 4.36. The molecule has 1 amide bonds. The van der Waals surface area contributed by atoms with E-state index in [-0.39, 0.29) is 23.7 Å². The molecular weight excluding hydrogens is 294 g/mol. The smallest absolute Gasteiger partial charge is 0.220 e. The molecule has 1 aromatic heterocycles. The number of amides is 1. The summed E-state index contributed by atoms with van der Waals surface area (Å²) in [5.41, 5.74) is 0.129. The van der Waals surface area contributed by atoms with Gasteiger partial charge in [-0.3, -0.25) is 4.79 Å². The second kappa shape index (κ2) is 7.65. The number of nitrogens with one attached hydrogen (secondary N) is 1. The van der Waals surface area contributed by atoms with Gasteiger partial charge in [0.15, 0.2) is 11.7 Å². The van der Waals surface area contributed by atoms with E-state index in [4.69, 9.17) is 9.15 Å². The molecule has 1 N–H and O–H groups in total. The summed E-state index contributed by atoms with van der Waals surface area (Å²) in [5, 5.41) is 2.67. The molecule has 7 heteroatoms. The molecule has 0 bridgehead atoms. The molecule has 0 aliphatic rings. The first-order valence-electron chi connectivity index (χ1n) is 6.76. The fourth-order valence-electron chi connectivity index (χ4n) is 1.84. The van der Waals surface area contributed by atoms with Crippen molar-refractivity contribution in [3.05, 3.63) is 41.9 Å². The lowest BCUT2D eigenvalue weighted by molar-refractivity contribution is -0.121. The minimum atomic E-state index is -0.722. The Bertz CT molecular complexity index is 643. The van der Waals surface area contributed by atoms with E-state index in [9.17, 15) is 13.6 Å². The molecule has 1 heterocycles. The number of oxazole rings is 1. The normalized spacial score (nSPS) is 10.7. The van der Waals surface area contributed by atoms with Crippen LogP contribution in [0.3, 0.4) is 0 Å². The number of benzene rings is 1. The van der Waals surface area contributed by atoms with Crippen LogP contribution in [-0.2, 0) is 16.0 Å². The third-order valence-corrected chi connectivity index (χ3v) is 2.94. The van der Waals surface area contributed by atoms with Crippen molar-refractivity contribution in [2.24, 2.45) is 0 Å². The van der Waals surface area contributed by atoms with Gasteiger partial charge in [0.1, 0.15) is 11.6 Å². The highest BCUT2D eigenvalue weighted by Gasteiger charge is 2.12. The first kappa shape index (κ1) is 16.1. The minimum Gasteiger partial charge on any atom is -0.441 e. The summed E-state index contributed by atoms with van der Waals surface area (Å²) in [7, 11) is 1.55. The van der Waals surface area contributed by atoms with Crippen molar-refractivity contribution in [3.8, 4) is 11.3 Å². The monoisotopic (exact) mass is 310 g/mol. The number of methoxy groups -OCH3 is 1. The predicted molar refractivity (Wildman–Crippen MR) is 75.1 cm³/mol. The highest BCUT2D eigenvalue weighted by atomic mass is 19.1. The Labute approximate surface area is 126 Å². The zero-order valence-electron chi connectivity index (χ0n) is 12.1. The quantitative estimate of drug-likeness (QED) is 0.797. The van der Waals surface area contributed by atoms with Gasteiger partial charge in [-0.2, -0.15) is 0 Å². The van der Waals surface area contributed by atoms with Crippen LogP contribution in [0.15, 0.2) is 28.8 Å². The van der Waals surface area contributed by atoms with Crippen LogP contribution in [0.5, 0.6) is 0 Å². The zero-order chi connectivity index (χ0) is 15.9. The van der Waals surface area contributed by atoms with Gasteiger partial charge in [0.05, 0.1) is 18.4 Å². The maximum atomic E-state index is 13.6. The van der Waals surface area contributed by atoms with E-state index in [2.05, 4.69) is 10.3 Å². The number of aromatic nitrogens is 1. The van der Waals surface area contributed by atoms with E-state index in [1.54, 1.807) is 7.11 Å². The first-order chi connectivity index (χ1) is 10.6. The Hall–Kier alpha value is -2.28. The van der Waals surface area contributed by atoms with Gasteiger partial charge >= 0.3 is 0 Å². The number of nitrogens with zero attached hydrogens (tertiary/aromatic N) is 1. The van der Waals surface area contributed by atoms with Gasteiger partial charge in [-0.1, -0.05) is 0 Å². The minimum absolute atomic E-state index is 0.129. The van der Waals surface area contributed by atoms with Crippen molar-refractivity contribution in [2.45, 2.75) is 12.8 Å². The Kier molecular flexibility index (Phi) is 5.60. The SMILES string of the molecule is COCCNC(=O)CCc1ncc(-c2ccc(F)cc2F)o1. The third-order valence-electron chi connectivity index (χ3n) is 2.94. The molecule has 2 aromatic rings. The fourth-order valence-corrected chi connectivity index (χ4v) is 1.84. The molecule has 22 heavy (non-hydrogen) atoms. The van der Waals surface area contributed by atoms with Crippen LogP contribution in [0.25, 0.3) is 11.3 Å². The number of carbonyl (C=O) groups is 1. The number of aryl methyl sites for hydroxylation is 1. The van der Waals surface area contributed by atoms with Crippen molar-refractivity contribution in [2.75, 3.05) is 20.3 Å². The molecule has 0 saturated heterocycles. The summed E-state index contributed by atoms with van der Waals surface area (Å²) in [6, 6.07) is 3.21. The molecule has 0 unspecified atom stereocenters. The highest BCUT2D eigenvalue weighted by Crippen LogP contribution is 2.24. The molecule has 0 saturated carbocycles. The van der Waals surface area contributed by atoms with Crippen molar-refractivity contribution in [3.63, 3.8) is 0 Å². The van der Waals surface area contributed by atoms with Gasteiger partial charge < -0.3 is 14.5 Å². The summed E-state index contributed by atoms with van der Waals surface area (Å²) in [6.07, 6.45) is 1.85. The second-order valence-electron chi connectivity index (χ2n) is 4.59. The van der Waals surface area contributed by atoms with Crippen LogP contribution in [0.2, 0.25) is 0 Å². The molecule has 0 aliphatic carbocycles. The van der Waals surface area contributed by atoms with E-state index < -0.39 is 11.6 Å². The average molecular weight is 310 g/mol. The molecule has 118 valence electrons. The summed E-state index contributed by atoms with van der Waals surface area (Å²) >= 11 is 0. The highest BCUT2D eigenvalue weighted by molar-refractivity contribution is 5.76. The lowest BCUT2D eigenvalue weighted by atomic mass is 10.2. The lowest BCUT2D eigenvalue weighted by Gasteiger charge is -2.02. The maximum Gasteiger partial charge on any atom is 0.220 e. The van der Waals surface area contributed by atoms with Gasteiger partial charge in [0, 0.05) is 32.6 Å². The van der Waals surface area contributed by atoms with E-state index in [0.29, 0.717) is 25.5 Å². The van der Waals surface area contributed by atoms with Crippen molar-refractivity contribution in [1.82, 2.24) is 10.3 Å². The van der Waals surface area contributed by atoms with Gasteiger partial charge in [0.25, 0.3) is 0 Å². The molecule has 0 fully saturated rings. The van der Waals surface area contributed by atoms with Crippen LogP contribution < -0.4 is 5.32 Å². The Morgan fingerprint density at radius 2 is 2.23 bits per heavy atom. The van der Waals surface area contributed by atoms with E-state index >= 15 is 0 Å². The maximum absolute atomic E-state index is 13.6. The van der Waals surface area contributed by atoms with Gasteiger partial charge in [-0.05, 0) is 12.1 Å². The number of carbonyl (C=O) groups excluding carboxylic acids is 1. The number of hydrogen-bond acceptors (Lipinski definition) is 4. The average Bonchev–Trinajstić information content (AvgIpc) is 2.94. The first-order valence-corrected chi connectivity index (χ1v) is 6.76. The number of ether oxygens (including phenoxy) is 1. The van der Waals surface area contributed by atoms with Crippen LogP contribution >= 0.6 is 0 Å². The Morgan fingerprint density at radius 3 is 2.95 bits per heavy atom. The molecule has 0 aliphatic heterocycles. The van der Waals surface area contributed by atoms with Crippen molar-refractivity contribution >= 4 is 5.91 Å². The second-order valence-corrected chi connectivity index (χ2v) is 4.59. The molecule has 0 radical (unpaired) electrons. The summed E-state index contributed by atoms with van der Waals surface area (Å²) in [4.78, 5) is 15.5. The summed E-state index contributed by atoms with van der Waals surface area (Å²) < 4.78 is 36.7. The van der Waals surface area contributed by atoms with Gasteiger partial charge in [-0.15, -0.1) is 0 Å². The standard InChI is InChI=1S/C15H16F2N2O3/c1-21-7-6-18-14(20)4-5-15-19-9-13(22-15)11-3-2-10(16)8-12(11)17/h2-3,8-9H,4-7H2,1H3,(H,18,20). The number of halogens is 2. The van der Waals surface area contributed by atoms with Crippen molar-refractivity contribution in [1.29, 1.82) is 0 Å². The van der Waals surface area contributed by atoms with Gasteiger partial charge in [-0.25, -0.2) is 13.8 Å². The Morgan fingerprint density at radius 1 is 1.41 bits per heavy atom. The predicted octanol–water partition coefficient (Wildman–Crippen LogP) is 2.32. The number of hydrogen-bond donors (Lipinski definition) is 1. The molecule has 0 atom stereocenters. The van der Waals surface area contributed by atoms with E-state index in [1.165, 1.54) is 12.3 Å². The topological polar surface area (TPSA) is 64.4 Å². The molecule has 0 spiro atoms. The summed E-state index contributed by atoms with van der Waals surface area (Å²) in [6.45, 7) is 0.881. The fraction of sp³-hybridized carbons (Fsp3) is 0.333. The van der Waals surface area contributed by atoms with Gasteiger partial charge in [0.2, 0.25) is 5.91 Å². The lowest BCUT2D eigenvalue weighted by Crippen LogP contribution is -2.27. The Balaban J connectivity index is 1.93. The zero-order valence-corrected chi connectivity index (χ0v) is 12.1. The number of rotatable bonds is 7. The molecule has 2 rings (SSSR count). The molecule has 1 aromatic carbocycles. The van der Waals surface area contributed by atoms with Crippen LogP contribution in [0, 0.1) is 11.6 Å². The van der Waals surface area contributed by atoms with Crippen molar-refractivity contribution < 1.29 is 22.7 Å². The largest absolute Gasteiger partial charge is 0.441 e.